The lowest BCUT2D eigenvalue weighted by Crippen LogP contribution is -2.10. The molecule has 94 valence electrons. The van der Waals surface area contributed by atoms with E-state index in [0.29, 0.717) is 0 Å². The highest BCUT2D eigenvalue weighted by molar-refractivity contribution is 7.99. The van der Waals surface area contributed by atoms with Crippen LogP contribution in [0.1, 0.15) is 44.9 Å². The number of allylic oxidation sites excluding steroid dienone is 1. The predicted octanol–water partition coefficient (Wildman–Crippen LogP) is 3.45. The quantitative estimate of drug-likeness (QED) is 0.751. The van der Waals surface area contributed by atoms with Crippen molar-refractivity contribution in [3.05, 3.63) is 18.5 Å². The third-order valence-corrected chi connectivity index (χ3v) is 4.56. The normalized spacial score (nSPS) is 17.2. The highest BCUT2D eigenvalue weighted by Crippen LogP contribution is 2.32. The van der Waals surface area contributed by atoms with Gasteiger partial charge in [0.15, 0.2) is 5.16 Å². The number of hydrogen-bond acceptors (Lipinski definition) is 3. The summed E-state index contributed by atoms with van der Waals surface area (Å²) in [5.74, 6) is 1.07. The predicted molar refractivity (Wildman–Crippen MR) is 72.3 cm³/mol. The van der Waals surface area contributed by atoms with Crippen LogP contribution in [0.4, 0.5) is 0 Å². The van der Waals surface area contributed by atoms with Crippen molar-refractivity contribution in [2.24, 2.45) is 0 Å². The van der Waals surface area contributed by atoms with Gasteiger partial charge >= 0.3 is 0 Å². The molecule has 0 saturated heterocycles. The molecule has 0 unspecified atom stereocenters. The summed E-state index contributed by atoms with van der Waals surface area (Å²) in [7, 11) is 0. The molecule has 1 heterocycles. The maximum absolute atomic E-state index is 4.33. The maximum atomic E-state index is 4.33. The average molecular weight is 251 g/mol. The molecule has 0 bridgehead atoms. The van der Waals surface area contributed by atoms with Gasteiger partial charge in [-0.25, -0.2) is 0 Å². The zero-order valence-corrected chi connectivity index (χ0v) is 11.4. The Morgan fingerprint density at radius 3 is 2.76 bits per heavy atom. The fraction of sp³-hybridized carbons (Fsp3) is 0.692. The number of nitrogens with zero attached hydrogens (tertiary/aromatic N) is 3. The van der Waals surface area contributed by atoms with Crippen LogP contribution >= 0.6 is 11.8 Å². The second-order valence-corrected chi connectivity index (χ2v) is 5.80. The first-order valence-corrected chi connectivity index (χ1v) is 7.42. The highest BCUT2D eigenvalue weighted by Gasteiger charge is 2.18. The molecule has 1 aliphatic rings. The van der Waals surface area contributed by atoms with Gasteiger partial charge in [0.1, 0.15) is 5.82 Å². The van der Waals surface area contributed by atoms with Crippen molar-refractivity contribution < 1.29 is 0 Å². The van der Waals surface area contributed by atoms with Crippen LogP contribution in [0.25, 0.3) is 0 Å². The summed E-state index contributed by atoms with van der Waals surface area (Å²) in [6, 6.07) is 0. The average Bonchev–Trinajstić information content (AvgIpc) is 2.74. The summed E-state index contributed by atoms with van der Waals surface area (Å²) in [6.07, 6.45) is 9.65. The summed E-state index contributed by atoms with van der Waals surface area (Å²) in [4.78, 5) is 0. The fourth-order valence-electron chi connectivity index (χ4n) is 2.31. The molecule has 0 N–H and O–H groups in total. The molecule has 0 aliphatic heterocycles. The Balaban J connectivity index is 2.08. The molecule has 0 amide bonds. The fourth-order valence-corrected chi connectivity index (χ4v) is 3.57. The minimum atomic E-state index is 0.737. The topological polar surface area (TPSA) is 30.7 Å². The molecule has 1 aromatic heterocycles. The lowest BCUT2D eigenvalue weighted by Gasteiger charge is -2.20. The van der Waals surface area contributed by atoms with E-state index in [9.17, 15) is 0 Å². The summed E-state index contributed by atoms with van der Waals surface area (Å²) >= 11 is 1.91. The molecular formula is C13H21N3S. The van der Waals surface area contributed by atoms with E-state index < -0.39 is 0 Å². The molecule has 1 aromatic rings. The Labute approximate surface area is 108 Å². The van der Waals surface area contributed by atoms with E-state index >= 15 is 0 Å². The second kappa shape index (κ2) is 6.24. The minimum absolute atomic E-state index is 0.737. The molecule has 1 aliphatic carbocycles. The van der Waals surface area contributed by atoms with Crippen molar-refractivity contribution in [2.45, 2.75) is 62.4 Å². The zero-order chi connectivity index (χ0) is 12.1. The van der Waals surface area contributed by atoms with Crippen LogP contribution in [0.3, 0.4) is 0 Å². The Bertz CT molecular complexity index is 367. The van der Waals surface area contributed by atoms with E-state index in [-0.39, 0.29) is 0 Å². The van der Waals surface area contributed by atoms with E-state index in [2.05, 4.69) is 28.3 Å². The monoisotopic (exact) mass is 251 g/mol. The maximum Gasteiger partial charge on any atom is 0.191 e. The summed E-state index contributed by atoms with van der Waals surface area (Å²) in [5, 5.41) is 10.4. The van der Waals surface area contributed by atoms with Crippen LogP contribution in [-0.2, 0) is 13.0 Å². The summed E-state index contributed by atoms with van der Waals surface area (Å²) < 4.78 is 2.20. The third-order valence-electron chi connectivity index (χ3n) is 3.25. The van der Waals surface area contributed by atoms with Crippen LogP contribution in [0, 0.1) is 0 Å². The van der Waals surface area contributed by atoms with Crippen LogP contribution in [0.5, 0.6) is 0 Å². The van der Waals surface area contributed by atoms with Gasteiger partial charge in [0.05, 0.1) is 0 Å². The first-order chi connectivity index (χ1) is 8.35. The van der Waals surface area contributed by atoms with Gasteiger partial charge in [-0.1, -0.05) is 44.0 Å². The lowest BCUT2D eigenvalue weighted by atomic mass is 10.0. The first-order valence-electron chi connectivity index (χ1n) is 6.54. The Morgan fingerprint density at radius 2 is 2.12 bits per heavy atom. The molecule has 1 saturated carbocycles. The Hall–Kier alpha value is -0.770. The molecular weight excluding hydrogens is 230 g/mol. The number of thioether (sulfide) groups is 1. The van der Waals surface area contributed by atoms with Crippen LogP contribution in [-0.4, -0.2) is 20.0 Å². The van der Waals surface area contributed by atoms with E-state index in [1.807, 2.05) is 17.8 Å². The zero-order valence-electron chi connectivity index (χ0n) is 10.6. The second-order valence-electron chi connectivity index (χ2n) is 4.53. The highest BCUT2D eigenvalue weighted by atomic mass is 32.2. The van der Waals surface area contributed by atoms with Gasteiger partial charge < -0.3 is 4.57 Å². The van der Waals surface area contributed by atoms with Gasteiger partial charge in [-0.3, -0.25) is 0 Å². The smallest absolute Gasteiger partial charge is 0.191 e. The molecule has 1 fully saturated rings. The van der Waals surface area contributed by atoms with Crippen LogP contribution in [0.15, 0.2) is 17.8 Å². The van der Waals surface area contributed by atoms with Crippen molar-refractivity contribution in [1.82, 2.24) is 14.8 Å². The Morgan fingerprint density at radius 1 is 1.35 bits per heavy atom. The van der Waals surface area contributed by atoms with E-state index in [1.165, 1.54) is 32.1 Å². The van der Waals surface area contributed by atoms with Gasteiger partial charge in [-0.15, -0.1) is 16.8 Å². The van der Waals surface area contributed by atoms with Crippen molar-refractivity contribution in [3.63, 3.8) is 0 Å². The summed E-state index contributed by atoms with van der Waals surface area (Å²) in [6.45, 7) is 6.76. The minimum Gasteiger partial charge on any atom is -0.302 e. The molecule has 0 radical (unpaired) electrons. The number of rotatable bonds is 5. The first kappa shape index (κ1) is 12.7. The van der Waals surface area contributed by atoms with Crippen molar-refractivity contribution >= 4 is 11.8 Å². The van der Waals surface area contributed by atoms with Crippen molar-refractivity contribution in [3.8, 4) is 0 Å². The van der Waals surface area contributed by atoms with Crippen LogP contribution in [0.2, 0.25) is 0 Å². The van der Waals surface area contributed by atoms with Gasteiger partial charge in [0.25, 0.3) is 0 Å². The molecule has 0 aromatic carbocycles. The van der Waals surface area contributed by atoms with Gasteiger partial charge in [-0.2, -0.15) is 0 Å². The van der Waals surface area contributed by atoms with Gasteiger partial charge in [0.2, 0.25) is 0 Å². The van der Waals surface area contributed by atoms with Gasteiger partial charge in [0, 0.05) is 18.2 Å². The molecule has 2 rings (SSSR count). The number of aryl methyl sites for hydroxylation is 1. The molecule has 4 heteroatoms. The standard InChI is InChI=1S/C13H21N3S/c1-3-10-16-12(4-2)14-15-13(16)17-11-8-6-5-7-9-11/h3,11H,1,4-10H2,2H3. The summed E-state index contributed by atoms with van der Waals surface area (Å²) in [5.41, 5.74) is 0. The largest absolute Gasteiger partial charge is 0.302 e. The third kappa shape index (κ3) is 3.12. The molecule has 0 spiro atoms. The van der Waals surface area contributed by atoms with E-state index in [1.54, 1.807) is 0 Å². The Kier molecular flexibility index (Phi) is 4.66. The molecule has 0 atom stereocenters. The SMILES string of the molecule is C=CCn1c(CC)nnc1SC1CCCCC1. The van der Waals surface area contributed by atoms with Gasteiger partial charge in [-0.05, 0) is 12.8 Å². The number of hydrogen-bond donors (Lipinski definition) is 0. The molecule has 17 heavy (non-hydrogen) atoms. The lowest BCUT2D eigenvalue weighted by molar-refractivity contribution is 0.514. The molecule has 3 nitrogen and oxygen atoms in total. The van der Waals surface area contributed by atoms with Crippen molar-refractivity contribution in [2.75, 3.05) is 0 Å². The number of aromatic nitrogens is 3. The van der Waals surface area contributed by atoms with Crippen molar-refractivity contribution in [1.29, 1.82) is 0 Å². The van der Waals surface area contributed by atoms with E-state index in [0.717, 1.165) is 29.2 Å². The van der Waals surface area contributed by atoms with Crippen LogP contribution < -0.4 is 0 Å². The van der Waals surface area contributed by atoms with E-state index in [4.69, 9.17) is 0 Å².